The van der Waals surface area contributed by atoms with Crippen LogP contribution in [0.5, 0.6) is 0 Å². The Labute approximate surface area is 93.3 Å². The molecule has 1 heterocycles. The maximum absolute atomic E-state index is 11.3. The van der Waals surface area contributed by atoms with E-state index in [1.807, 2.05) is 0 Å². The fraction of sp³-hybridized carbons (Fsp3) is 0.500. The molecule has 0 radical (unpaired) electrons. The van der Waals surface area contributed by atoms with Crippen molar-refractivity contribution in [2.75, 3.05) is 0 Å². The largest absolute Gasteiger partial charge is 0.478 e. The van der Waals surface area contributed by atoms with E-state index in [4.69, 9.17) is 5.11 Å². The lowest BCUT2D eigenvalue weighted by molar-refractivity contribution is 0.0696. The minimum Gasteiger partial charge on any atom is -0.478 e. The van der Waals surface area contributed by atoms with Crippen LogP contribution in [-0.4, -0.2) is 16.1 Å². The van der Waals surface area contributed by atoms with Gasteiger partial charge in [0, 0.05) is 11.8 Å². The van der Waals surface area contributed by atoms with Crippen LogP contribution in [0, 0.1) is 0 Å². The van der Waals surface area contributed by atoms with Crippen molar-refractivity contribution in [1.82, 2.24) is 4.98 Å². The zero-order valence-electron chi connectivity index (χ0n) is 9.03. The number of carbonyl (C=O) groups is 1. The molecule has 0 atom stereocenters. The Morgan fingerprint density at radius 1 is 1.25 bits per heavy atom. The standard InChI is InChI=1S/C12H15NO3/c14-11-7-9(12(15)16)6-10(13-11)8-4-2-1-3-5-8/h6-8H,1-5H2,(H,13,14)(H,15,16). The van der Waals surface area contributed by atoms with Gasteiger partial charge in [-0.15, -0.1) is 0 Å². The third-order valence-corrected chi connectivity index (χ3v) is 3.16. The Morgan fingerprint density at radius 3 is 2.56 bits per heavy atom. The number of hydrogen-bond donors (Lipinski definition) is 2. The zero-order valence-corrected chi connectivity index (χ0v) is 9.03. The van der Waals surface area contributed by atoms with Crippen molar-refractivity contribution in [2.24, 2.45) is 0 Å². The summed E-state index contributed by atoms with van der Waals surface area (Å²) >= 11 is 0. The Kier molecular flexibility index (Phi) is 3.08. The van der Waals surface area contributed by atoms with Gasteiger partial charge in [-0.1, -0.05) is 19.3 Å². The molecule has 1 aromatic heterocycles. The Bertz CT molecular complexity index is 444. The number of hydrogen-bond acceptors (Lipinski definition) is 2. The first-order valence-corrected chi connectivity index (χ1v) is 5.64. The lowest BCUT2D eigenvalue weighted by Gasteiger charge is -2.21. The number of carboxylic acids is 1. The molecule has 0 bridgehead atoms. The number of carboxylic acid groups (broad SMARTS) is 1. The van der Waals surface area contributed by atoms with Gasteiger partial charge in [0.25, 0.3) is 0 Å². The van der Waals surface area contributed by atoms with Crippen molar-refractivity contribution >= 4 is 5.97 Å². The Hall–Kier alpha value is -1.58. The molecule has 1 saturated carbocycles. The first-order chi connectivity index (χ1) is 7.66. The minimum atomic E-state index is -1.04. The summed E-state index contributed by atoms with van der Waals surface area (Å²) < 4.78 is 0. The quantitative estimate of drug-likeness (QED) is 0.803. The number of pyridine rings is 1. The maximum atomic E-state index is 11.3. The maximum Gasteiger partial charge on any atom is 0.335 e. The third kappa shape index (κ3) is 2.32. The number of nitrogens with one attached hydrogen (secondary N) is 1. The van der Waals surface area contributed by atoms with Crippen LogP contribution in [0.2, 0.25) is 0 Å². The molecule has 2 rings (SSSR count). The molecule has 0 saturated heterocycles. The molecule has 86 valence electrons. The third-order valence-electron chi connectivity index (χ3n) is 3.16. The van der Waals surface area contributed by atoms with Gasteiger partial charge >= 0.3 is 5.97 Å². The van der Waals surface area contributed by atoms with Gasteiger partial charge in [-0.2, -0.15) is 0 Å². The van der Waals surface area contributed by atoms with Crippen LogP contribution in [-0.2, 0) is 0 Å². The van der Waals surface area contributed by atoms with Crippen molar-refractivity contribution in [2.45, 2.75) is 38.0 Å². The smallest absolute Gasteiger partial charge is 0.335 e. The van der Waals surface area contributed by atoms with Crippen molar-refractivity contribution in [1.29, 1.82) is 0 Å². The monoisotopic (exact) mass is 221 g/mol. The van der Waals surface area contributed by atoms with Crippen molar-refractivity contribution in [3.8, 4) is 0 Å². The predicted octanol–water partition coefficient (Wildman–Crippen LogP) is 2.12. The summed E-state index contributed by atoms with van der Waals surface area (Å²) in [6.45, 7) is 0. The highest BCUT2D eigenvalue weighted by molar-refractivity contribution is 5.87. The van der Waals surface area contributed by atoms with Crippen molar-refractivity contribution in [3.05, 3.63) is 33.7 Å². The van der Waals surface area contributed by atoms with E-state index < -0.39 is 5.97 Å². The first-order valence-electron chi connectivity index (χ1n) is 5.64. The number of aromatic amines is 1. The van der Waals surface area contributed by atoms with Gasteiger partial charge in [-0.05, 0) is 24.8 Å². The lowest BCUT2D eigenvalue weighted by Crippen LogP contribution is -2.16. The van der Waals surface area contributed by atoms with Crippen LogP contribution in [0.3, 0.4) is 0 Å². The van der Waals surface area contributed by atoms with Crippen LogP contribution >= 0.6 is 0 Å². The molecule has 4 heteroatoms. The summed E-state index contributed by atoms with van der Waals surface area (Å²) in [5.41, 5.74) is 0.550. The van der Waals surface area contributed by atoms with Crippen molar-refractivity contribution in [3.63, 3.8) is 0 Å². The summed E-state index contributed by atoms with van der Waals surface area (Å²) in [7, 11) is 0. The molecular weight excluding hydrogens is 206 g/mol. The summed E-state index contributed by atoms with van der Waals surface area (Å²) in [4.78, 5) is 24.9. The van der Waals surface area contributed by atoms with Crippen LogP contribution in [0.1, 0.15) is 54.1 Å². The van der Waals surface area contributed by atoms with E-state index in [1.54, 1.807) is 6.07 Å². The van der Waals surface area contributed by atoms with E-state index in [0.717, 1.165) is 37.4 Å². The summed E-state index contributed by atoms with van der Waals surface area (Å²) in [6, 6.07) is 2.73. The molecule has 0 unspecified atom stereocenters. The van der Waals surface area contributed by atoms with Gasteiger partial charge in [-0.3, -0.25) is 4.79 Å². The second kappa shape index (κ2) is 4.51. The zero-order chi connectivity index (χ0) is 11.5. The first kappa shape index (κ1) is 10.9. The average Bonchev–Trinajstić information content (AvgIpc) is 2.29. The van der Waals surface area contributed by atoms with E-state index in [0.29, 0.717) is 5.92 Å². The van der Waals surface area contributed by atoms with Crippen LogP contribution in [0.15, 0.2) is 16.9 Å². The molecule has 0 amide bonds. The minimum absolute atomic E-state index is 0.0873. The van der Waals surface area contributed by atoms with Gasteiger partial charge in [0.15, 0.2) is 0 Å². The van der Waals surface area contributed by atoms with E-state index in [2.05, 4.69) is 4.98 Å². The van der Waals surface area contributed by atoms with Gasteiger partial charge in [0.1, 0.15) is 0 Å². The molecular formula is C12H15NO3. The van der Waals surface area contributed by atoms with Crippen molar-refractivity contribution < 1.29 is 9.90 Å². The molecule has 1 aliphatic carbocycles. The highest BCUT2D eigenvalue weighted by Gasteiger charge is 2.17. The Morgan fingerprint density at radius 2 is 1.94 bits per heavy atom. The molecule has 2 N–H and O–H groups in total. The lowest BCUT2D eigenvalue weighted by atomic mass is 9.86. The second-order valence-corrected chi connectivity index (χ2v) is 4.33. The summed E-state index contributed by atoms with van der Waals surface area (Å²) in [5.74, 6) is -0.719. The molecule has 1 aromatic rings. The number of aromatic carboxylic acids is 1. The number of rotatable bonds is 2. The molecule has 1 aliphatic rings. The van der Waals surface area contributed by atoms with Crippen LogP contribution < -0.4 is 5.56 Å². The molecule has 0 spiro atoms. The molecule has 4 nitrogen and oxygen atoms in total. The summed E-state index contributed by atoms with van der Waals surface area (Å²) in [5, 5.41) is 8.88. The van der Waals surface area contributed by atoms with Crippen LogP contribution in [0.4, 0.5) is 0 Å². The summed E-state index contributed by atoms with van der Waals surface area (Å²) in [6.07, 6.45) is 5.63. The fourth-order valence-corrected chi connectivity index (χ4v) is 2.32. The fourth-order valence-electron chi connectivity index (χ4n) is 2.32. The number of aromatic nitrogens is 1. The predicted molar refractivity (Wildman–Crippen MR) is 59.8 cm³/mol. The van der Waals surface area contributed by atoms with E-state index >= 15 is 0 Å². The Balaban J connectivity index is 2.32. The highest BCUT2D eigenvalue weighted by Crippen LogP contribution is 2.31. The molecule has 0 aliphatic heterocycles. The van der Waals surface area contributed by atoms with E-state index in [9.17, 15) is 9.59 Å². The van der Waals surface area contributed by atoms with Gasteiger partial charge in [0.2, 0.25) is 5.56 Å². The van der Waals surface area contributed by atoms with Gasteiger partial charge < -0.3 is 10.1 Å². The van der Waals surface area contributed by atoms with E-state index in [1.165, 1.54) is 6.42 Å². The van der Waals surface area contributed by atoms with Gasteiger partial charge in [-0.25, -0.2) is 4.79 Å². The normalized spacial score (nSPS) is 17.2. The average molecular weight is 221 g/mol. The van der Waals surface area contributed by atoms with Crippen LogP contribution in [0.25, 0.3) is 0 Å². The molecule has 0 aromatic carbocycles. The topological polar surface area (TPSA) is 70.2 Å². The van der Waals surface area contributed by atoms with Gasteiger partial charge in [0.05, 0.1) is 5.56 Å². The highest BCUT2D eigenvalue weighted by atomic mass is 16.4. The second-order valence-electron chi connectivity index (χ2n) is 4.33. The number of H-pyrrole nitrogens is 1. The molecule has 16 heavy (non-hydrogen) atoms. The SMILES string of the molecule is O=C(O)c1cc(C2CCCCC2)[nH]c(=O)c1. The molecule has 1 fully saturated rings. The van der Waals surface area contributed by atoms with E-state index in [-0.39, 0.29) is 11.1 Å².